The van der Waals surface area contributed by atoms with Crippen LogP contribution in [0, 0.1) is 56.7 Å². The lowest BCUT2D eigenvalue weighted by molar-refractivity contribution is -0.268. The molecule has 300 valence electrons. The van der Waals surface area contributed by atoms with Crippen LogP contribution in [0.3, 0.4) is 0 Å². The molecule has 5 aliphatic rings. The Morgan fingerprint density at radius 1 is 0.731 bits per heavy atom. The van der Waals surface area contributed by atoms with Gasteiger partial charge in [0.05, 0.1) is 12.7 Å². The summed E-state index contributed by atoms with van der Waals surface area (Å²) in [6.45, 7) is 19.7. The third-order valence-corrected chi connectivity index (χ3v) is 17.8. The van der Waals surface area contributed by atoms with Crippen LogP contribution in [-0.2, 0) is 9.53 Å². The molecule has 0 saturated heterocycles. The molecule has 0 aromatic carbocycles. The lowest BCUT2D eigenvalue weighted by atomic mass is 9.31. The number of aliphatic hydroxyl groups excluding tert-OH is 2. The first kappa shape index (κ1) is 42.3. The summed E-state index contributed by atoms with van der Waals surface area (Å²) in [5.74, 6) is 2.47. The van der Waals surface area contributed by atoms with Gasteiger partial charge >= 0.3 is 5.97 Å². The molecule has 5 rings (SSSR count). The van der Waals surface area contributed by atoms with E-state index >= 15 is 0 Å². The molecule has 11 atom stereocenters. The van der Waals surface area contributed by atoms with Gasteiger partial charge in [0.15, 0.2) is 0 Å². The van der Waals surface area contributed by atoms with Gasteiger partial charge in [-0.3, -0.25) is 4.79 Å². The highest BCUT2D eigenvalue weighted by Gasteiger charge is 2.71. The Bertz CT molecular complexity index is 1190. The summed E-state index contributed by atoms with van der Waals surface area (Å²) >= 11 is 0. The van der Waals surface area contributed by atoms with E-state index in [-0.39, 0.29) is 51.9 Å². The molecule has 4 nitrogen and oxygen atoms in total. The zero-order valence-electron chi connectivity index (χ0n) is 35.5. The maximum absolute atomic E-state index is 13.2. The second-order valence-corrected chi connectivity index (χ2v) is 20.9. The minimum absolute atomic E-state index is 0.00897. The highest BCUT2D eigenvalue weighted by Crippen LogP contribution is 2.76. The molecule has 52 heavy (non-hydrogen) atoms. The molecule has 5 aliphatic carbocycles. The molecule has 0 heterocycles. The van der Waals surface area contributed by atoms with Crippen molar-refractivity contribution in [3.63, 3.8) is 0 Å². The highest BCUT2D eigenvalue weighted by atomic mass is 16.5. The summed E-state index contributed by atoms with van der Waals surface area (Å²) in [5, 5.41) is 22.3. The van der Waals surface area contributed by atoms with E-state index in [9.17, 15) is 15.0 Å². The summed E-state index contributed by atoms with van der Waals surface area (Å²) in [6, 6.07) is 0. The van der Waals surface area contributed by atoms with Gasteiger partial charge in [0, 0.05) is 17.3 Å². The summed E-state index contributed by atoms with van der Waals surface area (Å²) in [4.78, 5) is 13.2. The van der Waals surface area contributed by atoms with Crippen molar-refractivity contribution in [3.8, 4) is 0 Å². The molecular formula is C48H84O4. The Morgan fingerprint density at radius 2 is 1.31 bits per heavy atom. The van der Waals surface area contributed by atoms with Crippen LogP contribution in [0.25, 0.3) is 0 Å². The first-order valence-electron chi connectivity index (χ1n) is 22.9. The van der Waals surface area contributed by atoms with Crippen molar-refractivity contribution in [1.82, 2.24) is 0 Å². The van der Waals surface area contributed by atoms with Crippen LogP contribution in [0.2, 0.25) is 0 Å². The number of aliphatic hydroxyl groups is 2. The molecular weight excluding hydrogens is 641 g/mol. The van der Waals surface area contributed by atoms with Crippen molar-refractivity contribution >= 4 is 5.97 Å². The highest BCUT2D eigenvalue weighted by molar-refractivity contribution is 5.69. The van der Waals surface area contributed by atoms with Crippen molar-refractivity contribution in [2.24, 2.45) is 56.7 Å². The minimum Gasteiger partial charge on any atom is -0.462 e. The van der Waals surface area contributed by atoms with Crippen LogP contribution in [0.4, 0.5) is 0 Å². The van der Waals surface area contributed by atoms with Crippen LogP contribution >= 0.6 is 0 Å². The van der Waals surface area contributed by atoms with Gasteiger partial charge in [-0.05, 0) is 109 Å². The fourth-order valence-electron chi connectivity index (χ4n) is 14.5. The van der Waals surface area contributed by atoms with Crippen LogP contribution in [-0.4, -0.2) is 35.0 Å². The fourth-order valence-corrected chi connectivity index (χ4v) is 14.5. The number of rotatable bonds is 18. The number of hydrogen-bond acceptors (Lipinski definition) is 4. The van der Waals surface area contributed by atoms with E-state index in [4.69, 9.17) is 4.74 Å². The Kier molecular flexibility index (Phi) is 14.2. The van der Waals surface area contributed by atoms with Crippen molar-refractivity contribution in [2.75, 3.05) is 6.61 Å². The van der Waals surface area contributed by atoms with E-state index in [1.54, 1.807) is 0 Å². The number of esters is 1. The monoisotopic (exact) mass is 725 g/mol. The minimum atomic E-state index is -0.310. The van der Waals surface area contributed by atoms with Gasteiger partial charge in [0.25, 0.3) is 0 Å². The number of unbranched alkanes of at least 4 members (excludes halogenated alkanes) is 14. The molecule has 0 amide bonds. The summed E-state index contributed by atoms with van der Waals surface area (Å²) in [7, 11) is 0. The third-order valence-electron chi connectivity index (χ3n) is 17.8. The van der Waals surface area contributed by atoms with Gasteiger partial charge in [0.1, 0.15) is 6.10 Å². The van der Waals surface area contributed by atoms with E-state index < -0.39 is 0 Å². The Balaban J connectivity index is 1.09. The smallest absolute Gasteiger partial charge is 0.306 e. The van der Waals surface area contributed by atoms with Crippen molar-refractivity contribution < 1.29 is 19.7 Å². The average molecular weight is 725 g/mol. The Morgan fingerprint density at radius 3 is 1.88 bits per heavy atom. The largest absolute Gasteiger partial charge is 0.462 e. The summed E-state index contributed by atoms with van der Waals surface area (Å²) in [5.41, 5.74) is 1.48. The quantitative estimate of drug-likeness (QED) is 0.0839. The van der Waals surface area contributed by atoms with Crippen molar-refractivity contribution in [1.29, 1.82) is 0 Å². The number of allylic oxidation sites excluding steroid dienone is 1. The number of ether oxygens (including phenoxy) is 1. The number of fused-ring (bicyclic) bond motifs is 7. The van der Waals surface area contributed by atoms with Gasteiger partial charge in [0.2, 0.25) is 0 Å². The number of carbonyl (C=O) groups excluding carboxylic acids is 1. The first-order valence-corrected chi connectivity index (χ1v) is 22.9. The van der Waals surface area contributed by atoms with Crippen molar-refractivity contribution in [2.45, 2.75) is 222 Å². The van der Waals surface area contributed by atoms with E-state index in [0.717, 1.165) is 38.5 Å². The zero-order chi connectivity index (χ0) is 37.8. The fraction of sp³-hybridized carbons (Fsp3) is 0.938. The second kappa shape index (κ2) is 17.5. The van der Waals surface area contributed by atoms with Crippen LogP contribution in [0.5, 0.6) is 0 Å². The first-order chi connectivity index (χ1) is 24.7. The molecule has 4 fully saturated rings. The summed E-state index contributed by atoms with van der Waals surface area (Å²) in [6.07, 6.45) is 31.3. The molecule has 2 N–H and O–H groups in total. The van der Waals surface area contributed by atoms with E-state index in [1.807, 2.05) is 0 Å². The SMILES string of the molecule is CCCCCCCCCCCCCCCCCC(=O)O[C@H]1CC[C@]2(C)[C@H]3CC[C@@H]4[C@H]5[C@H](C)C(CO)=CC[C@]5(C)[C@@H](O)C[C@@]4(C)[C@]3(C)CC[C@H]2C1(C)C. The summed E-state index contributed by atoms with van der Waals surface area (Å²) < 4.78 is 6.41. The van der Waals surface area contributed by atoms with E-state index in [2.05, 4.69) is 61.5 Å². The molecule has 0 spiro atoms. The molecule has 0 bridgehead atoms. The van der Waals surface area contributed by atoms with Gasteiger partial charge < -0.3 is 14.9 Å². The molecule has 0 aromatic heterocycles. The molecule has 4 heteroatoms. The maximum atomic E-state index is 13.2. The Labute approximate surface area is 321 Å². The van der Waals surface area contributed by atoms with E-state index in [1.165, 1.54) is 115 Å². The van der Waals surface area contributed by atoms with E-state index in [0.29, 0.717) is 36.0 Å². The van der Waals surface area contributed by atoms with Crippen molar-refractivity contribution in [3.05, 3.63) is 11.6 Å². The molecule has 0 radical (unpaired) electrons. The lowest BCUT2D eigenvalue weighted by Gasteiger charge is -2.74. The number of carbonyl (C=O) groups is 1. The molecule has 0 aromatic rings. The second-order valence-electron chi connectivity index (χ2n) is 20.9. The van der Waals surface area contributed by atoms with Crippen LogP contribution in [0.1, 0.15) is 209 Å². The normalized spacial score (nSPS) is 40.9. The Hall–Kier alpha value is -0.870. The third kappa shape index (κ3) is 8.02. The maximum Gasteiger partial charge on any atom is 0.306 e. The van der Waals surface area contributed by atoms with Crippen LogP contribution in [0.15, 0.2) is 11.6 Å². The van der Waals surface area contributed by atoms with Crippen LogP contribution < -0.4 is 0 Å². The average Bonchev–Trinajstić information content (AvgIpc) is 3.09. The zero-order valence-corrected chi connectivity index (χ0v) is 35.5. The molecule has 4 saturated carbocycles. The van der Waals surface area contributed by atoms with Gasteiger partial charge in [-0.2, -0.15) is 0 Å². The van der Waals surface area contributed by atoms with Gasteiger partial charge in [-0.25, -0.2) is 0 Å². The number of hydrogen-bond donors (Lipinski definition) is 2. The lowest BCUT2D eigenvalue weighted by Crippen LogP contribution is -2.69. The molecule has 0 aliphatic heterocycles. The predicted molar refractivity (Wildman–Crippen MR) is 217 cm³/mol. The van der Waals surface area contributed by atoms with Gasteiger partial charge in [-0.1, -0.05) is 151 Å². The molecule has 0 unspecified atom stereocenters. The topological polar surface area (TPSA) is 66.8 Å². The predicted octanol–water partition coefficient (Wildman–Crippen LogP) is 12.8. The standard InChI is InChI=1S/C48H84O4/c1-9-10-11-12-13-14-15-16-17-18-19-20-21-22-23-24-42(51)52-41-29-31-45(5)38(44(41,3)4)28-32-47(7)39(45)26-25-37-43-35(2)36(34-49)27-30-46(43,6)40(50)33-48(37,47)8/h27,35,37-41,43,49-50H,9-26,28-34H2,1-8H3/t35-,37-,38+,39-,40+,41+,43-,45+,46-,47-,48-/m1/s1. The van der Waals surface area contributed by atoms with Gasteiger partial charge in [-0.15, -0.1) is 0 Å².